The Morgan fingerprint density at radius 2 is 2.17 bits per heavy atom. The van der Waals surface area contributed by atoms with Gasteiger partial charge in [0.2, 0.25) is 0 Å². The van der Waals surface area contributed by atoms with E-state index in [-0.39, 0.29) is 17.5 Å². The van der Waals surface area contributed by atoms with Gasteiger partial charge in [-0.2, -0.15) is 0 Å². The lowest BCUT2D eigenvalue weighted by molar-refractivity contribution is -0.151. The molecular weight excluding hydrogens is 230 g/mol. The molecule has 0 aromatic rings. The van der Waals surface area contributed by atoms with Crippen LogP contribution in [0.2, 0.25) is 0 Å². The van der Waals surface area contributed by atoms with Gasteiger partial charge in [-0.15, -0.1) is 0 Å². The summed E-state index contributed by atoms with van der Waals surface area (Å²) < 4.78 is 10.6. The van der Waals surface area contributed by atoms with Crippen LogP contribution >= 0.6 is 0 Å². The molecule has 0 aliphatic carbocycles. The summed E-state index contributed by atoms with van der Waals surface area (Å²) in [6, 6.07) is 0. The van der Waals surface area contributed by atoms with Crippen LogP contribution in [0, 0.1) is 11.3 Å². The number of hydrogen-bond acceptors (Lipinski definition) is 4. The summed E-state index contributed by atoms with van der Waals surface area (Å²) in [7, 11) is 1.43. The lowest BCUT2D eigenvalue weighted by atomic mass is 9.62. The number of hydrogen-bond donors (Lipinski definition) is 1. The molecule has 0 spiro atoms. The van der Waals surface area contributed by atoms with E-state index in [0.717, 1.165) is 12.8 Å². The van der Waals surface area contributed by atoms with Gasteiger partial charge in [0.1, 0.15) is 0 Å². The van der Waals surface area contributed by atoms with Crippen molar-refractivity contribution in [3.8, 4) is 0 Å². The Morgan fingerprint density at radius 1 is 1.56 bits per heavy atom. The van der Waals surface area contributed by atoms with Crippen molar-refractivity contribution in [3.05, 3.63) is 0 Å². The number of carbonyl (C=O) groups excluding carboxylic acids is 1. The molecule has 1 fully saturated rings. The molecule has 1 heterocycles. The largest absolute Gasteiger partial charge is 0.469 e. The minimum atomic E-state index is -0.419. The number of methoxy groups -OCH3 is 1. The van der Waals surface area contributed by atoms with E-state index in [0.29, 0.717) is 18.9 Å². The van der Waals surface area contributed by atoms with Crippen LogP contribution in [-0.4, -0.2) is 31.3 Å². The molecule has 0 amide bonds. The zero-order chi connectivity index (χ0) is 14.0. The fraction of sp³-hybridized carbons (Fsp3) is 0.929. The zero-order valence-corrected chi connectivity index (χ0v) is 12.3. The minimum Gasteiger partial charge on any atom is -0.469 e. The molecule has 2 unspecified atom stereocenters. The molecule has 0 bridgehead atoms. The maximum Gasteiger partial charge on any atom is 0.306 e. The van der Waals surface area contributed by atoms with Crippen LogP contribution in [0.15, 0.2) is 0 Å². The molecule has 0 saturated carbocycles. The van der Waals surface area contributed by atoms with E-state index in [1.807, 2.05) is 13.8 Å². The van der Waals surface area contributed by atoms with Crippen LogP contribution in [0.5, 0.6) is 0 Å². The van der Waals surface area contributed by atoms with E-state index in [2.05, 4.69) is 13.8 Å². The lowest BCUT2D eigenvalue weighted by Gasteiger charge is -2.49. The summed E-state index contributed by atoms with van der Waals surface area (Å²) in [5.41, 5.74) is 5.70. The third-order valence-corrected chi connectivity index (χ3v) is 4.33. The zero-order valence-electron chi connectivity index (χ0n) is 12.3. The molecular formula is C14H27NO3. The second-order valence-corrected chi connectivity index (χ2v) is 6.36. The van der Waals surface area contributed by atoms with Crippen molar-refractivity contribution in [1.82, 2.24) is 0 Å². The van der Waals surface area contributed by atoms with Crippen molar-refractivity contribution in [2.24, 2.45) is 17.1 Å². The molecule has 106 valence electrons. The molecule has 18 heavy (non-hydrogen) atoms. The average molecular weight is 257 g/mol. The summed E-state index contributed by atoms with van der Waals surface area (Å²) >= 11 is 0. The maximum atomic E-state index is 11.7. The number of esters is 1. The van der Waals surface area contributed by atoms with E-state index >= 15 is 0 Å². The van der Waals surface area contributed by atoms with E-state index in [1.54, 1.807) is 0 Å². The van der Waals surface area contributed by atoms with Gasteiger partial charge in [-0.3, -0.25) is 4.79 Å². The normalized spacial score (nSPS) is 29.4. The molecule has 0 radical (unpaired) electrons. The Kier molecular flexibility index (Phi) is 4.78. The van der Waals surface area contributed by atoms with Crippen molar-refractivity contribution >= 4 is 5.97 Å². The first-order valence-electron chi connectivity index (χ1n) is 6.69. The van der Waals surface area contributed by atoms with Crippen molar-refractivity contribution in [3.63, 3.8) is 0 Å². The van der Waals surface area contributed by atoms with E-state index < -0.39 is 5.54 Å². The molecule has 1 aliphatic heterocycles. The van der Waals surface area contributed by atoms with Gasteiger partial charge < -0.3 is 15.2 Å². The minimum absolute atomic E-state index is 0.172. The maximum absolute atomic E-state index is 11.7. The summed E-state index contributed by atoms with van der Waals surface area (Å²) in [5, 5.41) is 0. The molecule has 1 aliphatic rings. The van der Waals surface area contributed by atoms with Crippen LogP contribution in [0.1, 0.15) is 47.0 Å². The third-order valence-electron chi connectivity index (χ3n) is 4.33. The fourth-order valence-electron chi connectivity index (χ4n) is 2.70. The quantitative estimate of drug-likeness (QED) is 0.784. The number of carbonyl (C=O) groups is 1. The Balaban J connectivity index is 2.94. The van der Waals surface area contributed by atoms with Crippen LogP contribution in [0.4, 0.5) is 0 Å². The highest BCUT2D eigenvalue weighted by atomic mass is 16.5. The van der Waals surface area contributed by atoms with Crippen LogP contribution in [-0.2, 0) is 14.3 Å². The Labute approximate surface area is 110 Å². The topological polar surface area (TPSA) is 61.5 Å². The third kappa shape index (κ3) is 3.23. The van der Waals surface area contributed by atoms with E-state index in [1.165, 1.54) is 7.11 Å². The van der Waals surface area contributed by atoms with Crippen molar-refractivity contribution in [1.29, 1.82) is 0 Å². The molecule has 4 nitrogen and oxygen atoms in total. The Morgan fingerprint density at radius 3 is 2.61 bits per heavy atom. The second kappa shape index (κ2) is 5.57. The molecule has 0 aromatic carbocycles. The molecule has 1 rings (SSSR count). The van der Waals surface area contributed by atoms with Gasteiger partial charge in [0, 0.05) is 17.6 Å². The molecule has 2 N–H and O–H groups in total. The Bertz CT molecular complexity index is 296. The van der Waals surface area contributed by atoms with Crippen LogP contribution < -0.4 is 5.73 Å². The first-order valence-corrected chi connectivity index (χ1v) is 6.69. The standard InChI is InChI=1S/C14H27NO3/c1-10(2)11-8-14(6-7-18-11,13(3,4)15)9-12(16)17-5/h10-11H,6-9,15H2,1-5H3. The Hall–Kier alpha value is -0.610. The smallest absolute Gasteiger partial charge is 0.306 e. The first-order chi connectivity index (χ1) is 8.22. The summed E-state index contributed by atoms with van der Waals surface area (Å²) in [6.07, 6.45) is 2.18. The molecule has 1 saturated heterocycles. The van der Waals surface area contributed by atoms with Gasteiger partial charge in [-0.05, 0) is 32.6 Å². The van der Waals surface area contributed by atoms with Gasteiger partial charge >= 0.3 is 5.97 Å². The summed E-state index contributed by atoms with van der Waals surface area (Å²) in [6.45, 7) is 8.95. The van der Waals surface area contributed by atoms with Gasteiger partial charge in [0.25, 0.3) is 0 Å². The number of rotatable bonds is 4. The highest BCUT2D eigenvalue weighted by molar-refractivity contribution is 5.70. The van der Waals surface area contributed by atoms with Gasteiger partial charge in [-0.25, -0.2) is 0 Å². The van der Waals surface area contributed by atoms with Crippen molar-refractivity contribution < 1.29 is 14.3 Å². The van der Waals surface area contributed by atoms with Gasteiger partial charge in [0.15, 0.2) is 0 Å². The fourth-order valence-corrected chi connectivity index (χ4v) is 2.70. The van der Waals surface area contributed by atoms with Gasteiger partial charge in [-0.1, -0.05) is 13.8 Å². The predicted octanol–water partition coefficient (Wildman–Crippen LogP) is 2.11. The van der Waals surface area contributed by atoms with Crippen molar-refractivity contribution in [2.45, 2.75) is 58.6 Å². The van der Waals surface area contributed by atoms with Crippen molar-refractivity contribution in [2.75, 3.05) is 13.7 Å². The summed E-state index contributed by atoms with van der Waals surface area (Å²) in [4.78, 5) is 11.7. The lowest BCUT2D eigenvalue weighted by Crippen LogP contribution is -2.56. The highest BCUT2D eigenvalue weighted by Gasteiger charge is 2.48. The second-order valence-electron chi connectivity index (χ2n) is 6.36. The highest BCUT2D eigenvalue weighted by Crippen LogP contribution is 2.46. The predicted molar refractivity (Wildman–Crippen MR) is 71.1 cm³/mol. The van der Waals surface area contributed by atoms with Crippen LogP contribution in [0.25, 0.3) is 0 Å². The summed E-state index contributed by atoms with van der Waals surface area (Å²) in [5.74, 6) is 0.252. The first kappa shape index (κ1) is 15.4. The number of nitrogens with two attached hydrogens (primary N) is 1. The molecule has 4 heteroatoms. The average Bonchev–Trinajstić information content (AvgIpc) is 2.27. The van der Waals surface area contributed by atoms with Crippen LogP contribution in [0.3, 0.4) is 0 Å². The number of ether oxygens (including phenoxy) is 2. The SMILES string of the molecule is COC(=O)CC1(C(C)(C)N)CCOC(C(C)C)C1. The van der Waals surface area contributed by atoms with E-state index in [4.69, 9.17) is 15.2 Å². The monoisotopic (exact) mass is 257 g/mol. The van der Waals surface area contributed by atoms with Gasteiger partial charge in [0.05, 0.1) is 19.6 Å². The molecule has 0 aromatic heterocycles. The molecule has 2 atom stereocenters. The van der Waals surface area contributed by atoms with E-state index in [9.17, 15) is 4.79 Å².